The van der Waals surface area contributed by atoms with Gasteiger partial charge in [-0.3, -0.25) is 9.59 Å². The second kappa shape index (κ2) is 7.51. The van der Waals surface area contributed by atoms with Crippen LogP contribution in [0.3, 0.4) is 0 Å². The van der Waals surface area contributed by atoms with Crippen molar-refractivity contribution in [3.8, 4) is 0 Å². The maximum Gasteiger partial charge on any atom is 0.225 e. The van der Waals surface area contributed by atoms with Gasteiger partial charge in [0, 0.05) is 20.0 Å². The predicted octanol–water partition coefficient (Wildman–Crippen LogP) is 3.22. The summed E-state index contributed by atoms with van der Waals surface area (Å²) >= 11 is 0. The molecule has 1 heterocycles. The number of hydrogen-bond donors (Lipinski definition) is 1. The van der Waals surface area contributed by atoms with Crippen molar-refractivity contribution >= 4 is 11.8 Å². The smallest absolute Gasteiger partial charge is 0.225 e. The Morgan fingerprint density at radius 3 is 2.52 bits per heavy atom. The first kappa shape index (κ1) is 17.2. The normalized spacial score (nSPS) is 20.4. The third-order valence-electron chi connectivity index (χ3n) is 5.05. The van der Waals surface area contributed by atoms with Crippen molar-refractivity contribution in [1.29, 1.82) is 0 Å². The Labute approximate surface area is 148 Å². The van der Waals surface area contributed by atoms with Crippen LogP contribution in [-0.2, 0) is 16.1 Å². The number of aryl methyl sites for hydroxylation is 1. The highest BCUT2D eigenvalue weighted by Crippen LogP contribution is 2.35. The standard InChI is InChI=1S/C21H24N2O2/c1-15-8-6-7-11-17(15)14-22-21(25)18-12-13-19(24)23(2)20(18)16-9-4-3-5-10-16/h3-11,18,20H,12-14H2,1-2H3,(H,22,25)/t18-,20-/m1/s1. The molecule has 1 N–H and O–H groups in total. The van der Waals surface area contributed by atoms with Crippen LogP contribution in [0.5, 0.6) is 0 Å². The largest absolute Gasteiger partial charge is 0.352 e. The van der Waals surface area contributed by atoms with Crippen molar-refractivity contribution in [2.45, 2.75) is 32.4 Å². The summed E-state index contributed by atoms with van der Waals surface area (Å²) in [6.45, 7) is 2.56. The number of carbonyl (C=O) groups excluding carboxylic acids is 2. The van der Waals surface area contributed by atoms with Crippen molar-refractivity contribution < 1.29 is 9.59 Å². The molecule has 0 aliphatic carbocycles. The van der Waals surface area contributed by atoms with Crippen molar-refractivity contribution in [2.75, 3.05) is 7.05 Å². The van der Waals surface area contributed by atoms with Crippen molar-refractivity contribution in [1.82, 2.24) is 10.2 Å². The highest BCUT2D eigenvalue weighted by Gasteiger charge is 2.38. The van der Waals surface area contributed by atoms with Gasteiger partial charge in [0.1, 0.15) is 0 Å². The van der Waals surface area contributed by atoms with Gasteiger partial charge in [-0.2, -0.15) is 0 Å². The van der Waals surface area contributed by atoms with Crippen LogP contribution in [0.2, 0.25) is 0 Å². The van der Waals surface area contributed by atoms with Crippen molar-refractivity contribution in [2.24, 2.45) is 5.92 Å². The van der Waals surface area contributed by atoms with E-state index in [1.54, 1.807) is 11.9 Å². The van der Waals surface area contributed by atoms with Gasteiger partial charge in [-0.15, -0.1) is 0 Å². The fourth-order valence-corrected chi connectivity index (χ4v) is 3.54. The van der Waals surface area contributed by atoms with E-state index < -0.39 is 0 Å². The lowest BCUT2D eigenvalue weighted by molar-refractivity contribution is -0.141. The highest BCUT2D eigenvalue weighted by molar-refractivity contribution is 5.84. The van der Waals surface area contributed by atoms with Crippen LogP contribution in [-0.4, -0.2) is 23.8 Å². The lowest BCUT2D eigenvalue weighted by Gasteiger charge is -2.38. The molecule has 2 aromatic rings. The number of piperidine rings is 1. The van der Waals surface area contributed by atoms with Crippen LogP contribution >= 0.6 is 0 Å². The third-order valence-corrected chi connectivity index (χ3v) is 5.05. The second-order valence-corrected chi connectivity index (χ2v) is 6.65. The van der Waals surface area contributed by atoms with Crippen LogP contribution in [0.15, 0.2) is 54.6 Å². The van der Waals surface area contributed by atoms with Crippen LogP contribution < -0.4 is 5.32 Å². The number of nitrogens with one attached hydrogen (secondary N) is 1. The molecule has 4 nitrogen and oxygen atoms in total. The number of benzene rings is 2. The molecule has 2 amide bonds. The summed E-state index contributed by atoms with van der Waals surface area (Å²) in [6, 6.07) is 17.7. The molecule has 2 atom stereocenters. The Kier molecular flexibility index (Phi) is 5.17. The van der Waals surface area contributed by atoms with Gasteiger partial charge >= 0.3 is 0 Å². The first-order chi connectivity index (χ1) is 12.1. The Balaban J connectivity index is 1.77. The van der Waals surface area contributed by atoms with Gasteiger partial charge in [-0.1, -0.05) is 54.6 Å². The van der Waals surface area contributed by atoms with Crippen molar-refractivity contribution in [3.05, 3.63) is 71.3 Å². The number of likely N-dealkylation sites (tertiary alicyclic amines) is 1. The maximum absolute atomic E-state index is 12.9. The van der Waals surface area contributed by atoms with Crippen LogP contribution in [0.1, 0.15) is 35.6 Å². The second-order valence-electron chi connectivity index (χ2n) is 6.65. The van der Waals surface area contributed by atoms with E-state index in [9.17, 15) is 9.59 Å². The average Bonchev–Trinajstić information content (AvgIpc) is 2.63. The topological polar surface area (TPSA) is 49.4 Å². The summed E-state index contributed by atoms with van der Waals surface area (Å²) in [5, 5.41) is 3.07. The van der Waals surface area contributed by atoms with Crippen LogP contribution in [0.4, 0.5) is 0 Å². The lowest BCUT2D eigenvalue weighted by Crippen LogP contribution is -2.46. The van der Waals surface area contributed by atoms with E-state index >= 15 is 0 Å². The van der Waals surface area contributed by atoms with Gasteiger partial charge in [-0.25, -0.2) is 0 Å². The number of amides is 2. The van der Waals surface area contributed by atoms with Gasteiger partial charge in [-0.05, 0) is 30.0 Å². The summed E-state index contributed by atoms with van der Waals surface area (Å²) in [6.07, 6.45) is 1.00. The summed E-state index contributed by atoms with van der Waals surface area (Å²) in [5.74, 6) is -0.123. The van der Waals surface area contributed by atoms with Gasteiger partial charge in [0.25, 0.3) is 0 Å². The van der Waals surface area contributed by atoms with E-state index in [0.717, 1.165) is 11.1 Å². The first-order valence-electron chi connectivity index (χ1n) is 8.70. The molecular weight excluding hydrogens is 312 g/mol. The quantitative estimate of drug-likeness (QED) is 0.932. The van der Waals surface area contributed by atoms with Gasteiger partial charge in [0.05, 0.1) is 12.0 Å². The minimum Gasteiger partial charge on any atom is -0.352 e. The highest BCUT2D eigenvalue weighted by atomic mass is 16.2. The predicted molar refractivity (Wildman–Crippen MR) is 97.7 cm³/mol. The number of carbonyl (C=O) groups is 2. The summed E-state index contributed by atoms with van der Waals surface area (Å²) < 4.78 is 0. The van der Waals surface area contributed by atoms with E-state index in [1.165, 1.54) is 5.56 Å². The zero-order chi connectivity index (χ0) is 17.8. The molecule has 3 rings (SSSR count). The fraction of sp³-hybridized carbons (Fsp3) is 0.333. The first-order valence-corrected chi connectivity index (χ1v) is 8.70. The molecule has 25 heavy (non-hydrogen) atoms. The Morgan fingerprint density at radius 1 is 1.12 bits per heavy atom. The molecule has 1 aliphatic heterocycles. The summed E-state index contributed by atoms with van der Waals surface area (Å²) in [4.78, 5) is 26.8. The number of nitrogens with zero attached hydrogens (tertiary/aromatic N) is 1. The molecule has 1 saturated heterocycles. The summed E-state index contributed by atoms with van der Waals surface area (Å²) in [5.41, 5.74) is 3.29. The molecule has 0 aromatic heterocycles. The van der Waals surface area contributed by atoms with E-state index in [0.29, 0.717) is 19.4 Å². The Hall–Kier alpha value is -2.62. The molecule has 0 spiro atoms. The monoisotopic (exact) mass is 336 g/mol. The van der Waals surface area contributed by atoms with Gasteiger partial charge < -0.3 is 10.2 Å². The van der Waals surface area contributed by atoms with E-state index in [1.807, 2.05) is 61.5 Å². The maximum atomic E-state index is 12.9. The molecular formula is C21H24N2O2. The molecule has 1 aliphatic rings. The zero-order valence-corrected chi connectivity index (χ0v) is 14.7. The molecule has 0 bridgehead atoms. The lowest BCUT2D eigenvalue weighted by atomic mass is 9.84. The average molecular weight is 336 g/mol. The molecule has 0 saturated carbocycles. The molecule has 0 radical (unpaired) electrons. The molecule has 2 aromatic carbocycles. The van der Waals surface area contributed by atoms with E-state index in [-0.39, 0.29) is 23.8 Å². The number of hydrogen-bond acceptors (Lipinski definition) is 2. The minimum atomic E-state index is -0.228. The van der Waals surface area contributed by atoms with Crippen LogP contribution in [0.25, 0.3) is 0 Å². The zero-order valence-electron chi connectivity index (χ0n) is 14.7. The molecule has 1 fully saturated rings. The fourth-order valence-electron chi connectivity index (χ4n) is 3.54. The minimum absolute atomic E-state index is 0.0106. The molecule has 0 unspecified atom stereocenters. The van der Waals surface area contributed by atoms with Gasteiger partial charge in [0.2, 0.25) is 11.8 Å². The SMILES string of the molecule is Cc1ccccc1CNC(=O)[C@@H]1CCC(=O)N(C)[C@@H]1c1ccccc1. The van der Waals surface area contributed by atoms with Crippen LogP contribution in [0, 0.1) is 12.8 Å². The molecule has 130 valence electrons. The van der Waals surface area contributed by atoms with E-state index in [4.69, 9.17) is 0 Å². The van der Waals surface area contributed by atoms with Crippen molar-refractivity contribution in [3.63, 3.8) is 0 Å². The Bertz CT molecular complexity index is 758. The summed E-state index contributed by atoms with van der Waals surface area (Å²) in [7, 11) is 1.79. The number of rotatable bonds is 4. The van der Waals surface area contributed by atoms with Gasteiger partial charge in [0.15, 0.2) is 0 Å². The molecule has 4 heteroatoms. The van der Waals surface area contributed by atoms with E-state index in [2.05, 4.69) is 5.32 Å². The Morgan fingerprint density at radius 2 is 1.80 bits per heavy atom. The third kappa shape index (κ3) is 3.73.